The Balaban J connectivity index is 1.75. The van der Waals surface area contributed by atoms with Crippen LogP contribution in [0.1, 0.15) is 31.2 Å². The molecule has 18 heavy (non-hydrogen) atoms. The van der Waals surface area contributed by atoms with Gasteiger partial charge in [0.25, 0.3) is 0 Å². The molecule has 0 bridgehead atoms. The van der Waals surface area contributed by atoms with E-state index in [0.29, 0.717) is 6.54 Å². The fourth-order valence-corrected chi connectivity index (χ4v) is 3.18. The molecule has 1 fully saturated rings. The highest BCUT2D eigenvalue weighted by Gasteiger charge is 2.22. The third-order valence-corrected chi connectivity index (χ3v) is 4.25. The van der Waals surface area contributed by atoms with E-state index in [-0.39, 0.29) is 12.1 Å². The predicted molar refractivity (Wildman–Crippen MR) is 74.8 cm³/mol. The lowest BCUT2D eigenvalue weighted by Gasteiger charge is -2.28. The van der Waals surface area contributed by atoms with Gasteiger partial charge in [-0.15, -0.1) is 0 Å². The zero-order valence-electron chi connectivity index (χ0n) is 10.5. The Labute approximate surface area is 111 Å². The van der Waals surface area contributed by atoms with Crippen LogP contribution in [0.25, 0.3) is 0 Å². The van der Waals surface area contributed by atoms with Crippen molar-refractivity contribution in [3.05, 3.63) is 35.9 Å². The Morgan fingerprint density at radius 1 is 1.22 bits per heavy atom. The zero-order chi connectivity index (χ0) is 12.8. The van der Waals surface area contributed by atoms with Gasteiger partial charge in [-0.2, -0.15) is 0 Å². The van der Waals surface area contributed by atoms with Crippen LogP contribution in [0, 0.1) is 0 Å². The van der Waals surface area contributed by atoms with Crippen molar-refractivity contribution in [1.29, 1.82) is 0 Å². The minimum atomic E-state index is -1.22. The van der Waals surface area contributed by atoms with Crippen LogP contribution >= 0.6 is 0 Å². The van der Waals surface area contributed by atoms with E-state index in [1.165, 1.54) is 12.8 Å². The van der Waals surface area contributed by atoms with Crippen LogP contribution in [0.5, 0.6) is 0 Å². The van der Waals surface area contributed by atoms with Gasteiger partial charge in [0.05, 0.1) is 0 Å². The molecule has 5 heteroatoms. The highest BCUT2D eigenvalue weighted by atomic mass is 32.2. The van der Waals surface area contributed by atoms with Crippen molar-refractivity contribution in [2.24, 2.45) is 5.73 Å². The molecule has 0 aliphatic heterocycles. The maximum atomic E-state index is 11.9. The molecule has 2 rings (SSSR count). The Hall–Kier alpha value is -0.750. The summed E-state index contributed by atoms with van der Waals surface area (Å²) in [5, 5.41) is 0. The van der Waals surface area contributed by atoms with Gasteiger partial charge in [-0.3, -0.25) is 0 Å². The first-order chi connectivity index (χ1) is 8.75. The molecule has 100 valence electrons. The third-order valence-electron chi connectivity index (χ3n) is 3.33. The summed E-state index contributed by atoms with van der Waals surface area (Å²) in [6.45, 7) is 0.600. The van der Waals surface area contributed by atoms with Gasteiger partial charge in [0.2, 0.25) is 0 Å². The fraction of sp³-hybridized carbons (Fsp3) is 0.538. The van der Waals surface area contributed by atoms with Gasteiger partial charge < -0.3 is 5.73 Å². The molecule has 0 spiro atoms. The smallest absolute Gasteiger partial charge is 0.167 e. The van der Waals surface area contributed by atoms with Gasteiger partial charge in [-0.25, -0.2) is 13.7 Å². The van der Waals surface area contributed by atoms with Crippen molar-refractivity contribution in [3.63, 3.8) is 0 Å². The van der Waals surface area contributed by atoms with Crippen LogP contribution in [0.15, 0.2) is 30.3 Å². The highest BCUT2D eigenvalue weighted by Crippen LogP contribution is 2.16. The molecule has 4 nitrogen and oxygen atoms in total. The molecule has 0 radical (unpaired) electrons. The fourth-order valence-electron chi connectivity index (χ4n) is 2.23. The van der Waals surface area contributed by atoms with Gasteiger partial charge in [-0.1, -0.05) is 43.2 Å². The van der Waals surface area contributed by atoms with Gasteiger partial charge in [0.1, 0.15) is 0 Å². The monoisotopic (exact) mass is 267 g/mol. The number of benzene rings is 1. The first-order valence-corrected chi connectivity index (χ1v) is 7.61. The molecule has 0 saturated heterocycles. The van der Waals surface area contributed by atoms with E-state index in [1.54, 1.807) is 0 Å². The summed E-state index contributed by atoms with van der Waals surface area (Å²) >= 11 is -1.22. The summed E-state index contributed by atoms with van der Waals surface area (Å²) < 4.78 is 17.9. The lowest BCUT2D eigenvalue weighted by Crippen LogP contribution is -2.49. The van der Waals surface area contributed by atoms with Crippen LogP contribution in [0.4, 0.5) is 0 Å². The molecule has 1 unspecified atom stereocenters. The standard InChI is InChI=1S/C13H21N3OS/c14-12-8-4-5-9-13(12)16-18(17)15-10-11-6-2-1-3-7-11/h1-3,6-7,12-13,15-16H,4-5,8-10,14H2/t12-,13-,18?/m1/s1. The second kappa shape index (κ2) is 6.99. The minimum Gasteiger partial charge on any atom is -0.326 e. The molecule has 1 aliphatic carbocycles. The van der Waals surface area contributed by atoms with Crippen molar-refractivity contribution in [3.8, 4) is 0 Å². The second-order valence-corrected chi connectivity index (χ2v) is 5.81. The van der Waals surface area contributed by atoms with Gasteiger partial charge >= 0.3 is 0 Å². The first-order valence-electron chi connectivity index (χ1n) is 6.46. The molecule has 0 heterocycles. The molecule has 1 saturated carbocycles. The van der Waals surface area contributed by atoms with Crippen molar-refractivity contribution >= 4 is 11.2 Å². The number of rotatable bonds is 5. The maximum absolute atomic E-state index is 11.9. The zero-order valence-corrected chi connectivity index (χ0v) is 11.3. The molecule has 3 atom stereocenters. The minimum absolute atomic E-state index is 0.126. The topological polar surface area (TPSA) is 67.1 Å². The van der Waals surface area contributed by atoms with Crippen LogP contribution in [0.2, 0.25) is 0 Å². The summed E-state index contributed by atoms with van der Waals surface area (Å²) in [5.74, 6) is 0. The Kier molecular flexibility index (Phi) is 5.31. The molecule has 4 N–H and O–H groups in total. The van der Waals surface area contributed by atoms with Crippen LogP contribution in [-0.4, -0.2) is 16.3 Å². The molecule has 1 aromatic rings. The van der Waals surface area contributed by atoms with E-state index >= 15 is 0 Å². The largest absolute Gasteiger partial charge is 0.326 e. The average Bonchev–Trinajstić information content (AvgIpc) is 2.40. The first kappa shape index (κ1) is 13.7. The number of nitrogens with two attached hydrogens (primary N) is 1. The summed E-state index contributed by atoms with van der Waals surface area (Å²) in [6, 6.07) is 10.2. The molecular weight excluding hydrogens is 246 g/mol. The molecule has 1 aliphatic rings. The number of hydrogen-bond donors (Lipinski definition) is 3. The summed E-state index contributed by atoms with van der Waals surface area (Å²) in [5.41, 5.74) is 7.14. The average molecular weight is 267 g/mol. The quantitative estimate of drug-likeness (QED) is 0.751. The SMILES string of the molecule is N[C@@H]1CCCC[C@H]1NS(=O)NCc1ccccc1. The lowest BCUT2D eigenvalue weighted by molar-refractivity contribution is 0.365. The van der Waals surface area contributed by atoms with Crippen molar-refractivity contribution in [2.45, 2.75) is 44.3 Å². The van der Waals surface area contributed by atoms with E-state index in [0.717, 1.165) is 18.4 Å². The van der Waals surface area contributed by atoms with E-state index in [9.17, 15) is 4.21 Å². The molecular formula is C13H21N3OS. The van der Waals surface area contributed by atoms with Crippen LogP contribution in [-0.2, 0) is 17.7 Å². The van der Waals surface area contributed by atoms with E-state index in [2.05, 4.69) is 9.44 Å². The molecule has 0 aromatic heterocycles. The van der Waals surface area contributed by atoms with Gasteiger partial charge in [0.15, 0.2) is 11.2 Å². The number of hydrogen-bond acceptors (Lipinski definition) is 2. The second-order valence-electron chi connectivity index (χ2n) is 4.75. The Morgan fingerprint density at radius 2 is 1.94 bits per heavy atom. The van der Waals surface area contributed by atoms with Crippen LogP contribution < -0.4 is 15.2 Å². The van der Waals surface area contributed by atoms with Gasteiger partial charge in [0, 0.05) is 18.6 Å². The van der Waals surface area contributed by atoms with E-state index in [1.807, 2.05) is 30.3 Å². The third kappa shape index (κ3) is 4.17. The summed E-state index contributed by atoms with van der Waals surface area (Å²) in [4.78, 5) is 0. The lowest BCUT2D eigenvalue weighted by atomic mass is 9.92. The van der Waals surface area contributed by atoms with E-state index in [4.69, 9.17) is 5.73 Å². The summed E-state index contributed by atoms with van der Waals surface area (Å²) in [7, 11) is 0. The molecule has 0 amide bonds. The highest BCUT2D eigenvalue weighted by molar-refractivity contribution is 7.81. The van der Waals surface area contributed by atoms with Crippen LogP contribution in [0.3, 0.4) is 0 Å². The van der Waals surface area contributed by atoms with Crippen molar-refractivity contribution in [1.82, 2.24) is 9.44 Å². The Morgan fingerprint density at radius 3 is 2.67 bits per heavy atom. The maximum Gasteiger partial charge on any atom is 0.167 e. The predicted octanol–water partition coefficient (Wildman–Crippen LogP) is 1.21. The normalized spacial score (nSPS) is 25.8. The van der Waals surface area contributed by atoms with Crippen molar-refractivity contribution in [2.75, 3.05) is 0 Å². The molecule has 1 aromatic carbocycles. The van der Waals surface area contributed by atoms with Gasteiger partial charge in [-0.05, 0) is 18.4 Å². The van der Waals surface area contributed by atoms with Crippen molar-refractivity contribution < 1.29 is 4.21 Å². The van der Waals surface area contributed by atoms with E-state index < -0.39 is 11.2 Å². The number of nitrogens with one attached hydrogen (secondary N) is 2. The summed E-state index contributed by atoms with van der Waals surface area (Å²) in [6.07, 6.45) is 4.39. The Bertz CT molecular complexity index is 385.